The summed E-state index contributed by atoms with van der Waals surface area (Å²) in [4.78, 5) is 61.9. The molecular weight excluding hydrogens is 1510 g/mol. The number of aromatic nitrogens is 2. The number of aliphatic hydroxyl groups excluding tert-OH is 3. The van der Waals surface area contributed by atoms with Gasteiger partial charge in [-0.1, -0.05) is 119 Å². The molecule has 0 spiro atoms. The van der Waals surface area contributed by atoms with Crippen LogP contribution in [0.1, 0.15) is 74.9 Å². The molecule has 6 aromatic carbocycles. The average Bonchev–Trinajstić information content (AvgIpc) is 1.64. The number of nitrogens with zero attached hydrogens (tertiary/aromatic N) is 13. The predicted molar refractivity (Wildman–Crippen MR) is 423 cm³/mol. The summed E-state index contributed by atoms with van der Waals surface area (Å²) >= 11 is 6.58. The first-order chi connectivity index (χ1) is 54.0. The van der Waals surface area contributed by atoms with Crippen molar-refractivity contribution in [3.8, 4) is 47.5 Å². The topological polar surface area (TPSA) is 390 Å². The third kappa shape index (κ3) is 19.6. The number of halogens is 1. The quantitative estimate of drug-likeness (QED) is 0.0447. The van der Waals surface area contributed by atoms with Gasteiger partial charge in [0.05, 0.1) is 82.4 Å². The zero-order valence-electron chi connectivity index (χ0n) is 61.8. The number of carbonyl (C=O) groups is 4. The van der Waals surface area contributed by atoms with Crippen LogP contribution in [-0.4, -0.2) is 143 Å². The van der Waals surface area contributed by atoms with Gasteiger partial charge in [-0.3, -0.25) is 29.6 Å². The molecule has 8 aromatic rings. The Balaban J connectivity index is 0.000000152. The monoisotopic (exact) mass is 1590 g/mol. The van der Waals surface area contributed by atoms with Crippen LogP contribution in [0.25, 0.3) is 11.1 Å². The van der Waals surface area contributed by atoms with E-state index in [1.54, 1.807) is 58.4 Å². The summed E-state index contributed by atoms with van der Waals surface area (Å²) in [6, 6.07) is 61.9. The van der Waals surface area contributed by atoms with Crippen molar-refractivity contribution in [3.63, 3.8) is 0 Å². The summed E-state index contributed by atoms with van der Waals surface area (Å²) < 4.78 is 35.8. The maximum atomic E-state index is 12.5. The molecule has 1 radical (unpaired) electrons. The van der Waals surface area contributed by atoms with Gasteiger partial charge in [0.1, 0.15) is 24.8 Å². The van der Waals surface area contributed by atoms with Crippen molar-refractivity contribution < 1.29 is 62.8 Å². The van der Waals surface area contributed by atoms with Crippen molar-refractivity contribution >= 4 is 102 Å². The number of benzene rings is 6. The Labute approximate surface area is 664 Å². The van der Waals surface area contributed by atoms with Crippen molar-refractivity contribution in [2.24, 2.45) is 4.30 Å². The summed E-state index contributed by atoms with van der Waals surface area (Å²) in [6.45, 7) is 11.7. The fraction of sp³-hybridized carbons (Fsp3) is 0.309. The Hall–Kier alpha value is -12.0. The Bertz CT molecular complexity index is 4890. The molecule has 0 unspecified atom stereocenters. The summed E-state index contributed by atoms with van der Waals surface area (Å²) in [7, 11) is 4.03. The van der Waals surface area contributed by atoms with Crippen molar-refractivity contribution in [3.05, 3.63) is 226 Å². The van der Waals surface area contributed by atoms with Crippen LogP contribution in [0, 0.1) is 68.0 Å². The van der Waals surface area contributed by atoms with Crippen molar-refractivity contribution in [2.45, 2.75) is 152 Å². The van der Waals surface area contributed by atoms with Crippen LogP contribution in [0.4, 0.5) is 47.6 Å². The second-order valence-corrected chi connectivity index (χ2v) is 28.0. The van der Waals surface area contributed by atoms with Crippen LogP contribution in [0.3, 0.4) is 0 Å². The van der Waals surface area contributed by atoms with Gasteiger partial charge >= 0.3 is 56.2 Å². The number of hydrogen-bond donors (Lipinski definition) is 5. The first kappa shape index (κ1) is 84.0. The number of anilines is 5. The normalized spacial score (nSPS) is 21.0. The second kappa shape index (κ2) is 39.1. The van der Waals surface area contributed by atoms with Crippen LogP contribution < -0.4 is 30.4 Å². The third-order valence-electron chi connectivity index (χ3n) is 19.3. The number of amides is 4. The van der Waals surface area contributed by atoms with Gasteiger partial charge in [-0.05, 0) is 153 Å². The van der Waals surface area contributed by atoms with Crippen LogP contribution in [0.15, 0.2) is 197 Å². The molecule has 0 aliphatic carbocycles. The van der Waals surface area contributed by atoms with Gasteiger partial charge in [0.2, 0.25) is 18.3 Å². The van der Waals surface area contributed by atoms with E-state index in [9.17, 15) is 29.4 Å². The number of thiol groups is 1. The van der Waals surface area contributed by atoms with E-state index < -0.39 is 60.9 Å². The number of carbonyl (C=O) groups excluding carboxylic acids is 4. The number of nitriles is 6. The van der Waals surface area contributed by atoms with E-state index in [4.69, 9.17) is 64.9 Å². The van der Waals surface area contributed by atoms with E-state index >= 15 is 0 Å². The Morgan fingerprint density at radius 1 is 0.616 bits per heavy atom. The SMILES string of the molecule is CC#N.CC1(C)OB(c2cccnc2)OC1(C)C.CCO.N#C[C@@H]1OC(=O)N2c3ccc(-c4cccnc4)cc3C[C@@H]12.N#C[C@@H]1OC(=O)N2c3ccc(Br)cc3C[C@@H]12.N#C[C@@H]1OC(=O)N2c3ccccc3C[C@@H]12.N#C[C@H](O)[C@@H]1Cc2ccccc2N1.N#C[C@H](O)[C@@H]1Cc2ccccc2N1C(=O)OCc1ccccc1.[B]=NS. The van der Waals surface area contributed by atoms with E-state index in [0.29, 0.717) is 31.4 Å². The van der Waals surface area contributed by atoms with Crippen LogP contribution in [0.2, 0.25) is 0 Å². The number of rotatable bonds is 6. The second-order valence-electron chi connectivity index (χ2n) is 26.8. The summed E-state index contributed by atoms with van der Waals surface area (Å²) in [5.74, 6) is 0. The zero-order valence-corrected chi connectivity index (χ0v) is 64.3. The number of cyclic esters (lactones) is 3. The molecule has 31 heteroatoms. The van der Waals surface area contributed by atoms with Gasteiger partial charge < -0.3 is 48.9 Å². The van der Waals surface area contributed by atoms with Gasteiger partial charge in [-0.25, -0.2) is 19.2 Å². The van der Waals surface area contributed by atoms with Gasteiger partial charge in [0, 0.05) is 73.2 Å². The number of fused-ring (bicyclic) bond motifs is 11. The Kier molecular flexibility index (Phi) is 29.3. The zero-order chi connectivity index (χ0) is 80.8. The molecule has 17 rings (SSSR count). The maximum absolute atomic E-state index is 12.5. The molecule has 9 aliphatic heterocycles. The fourth-order valence-electron chi connectivity index (χ4n) is 13.4. The average molecular weight is 1590 g/mol. The van der Waals surface area contributed by atoms with Gasteiger partial charge in [0.15, 0.2) is 12.2 Å². The fourth-order valence-corrected chi connectivity index (χ4v) is 13.8. The van der Waals surface area contributed by atoms with E-state index in [-0.39, 0.29) is 55.7 Å². The van der Waals surface area contributed by atoms with Crippen LogP contribution in [0.5, 0.6) is 0 Å². The molecule has 10 atom stereocenters. The summed E-state index contributed by atoms with van der Waals surface area (Å²) in [5, 5.41) is 81.6. The first-order valence-corrected chi connectivity index (χ1v) is 36.5. The molecule has 4 saturated heterocycles. The summed E-state index contributed by atoms with van der Waals surface area (Å²) in [6.07, 6.45) is 4.30. The number of para-hydroxylation sites is 3. The van der Waals surface area contributed by atoms with E-state index in [1.165, 1.54) is 17.4 Å². The molecule has 4 amide bonds. The minimum atomic E-state index is -1.26. The van der Waals surface area contributed by atoms with E-state index in [1.807, 2.05) is 204 Å². The molecule has 9 aliphatic rings. The Morgan fingerprint density at radius 3 is 1.57 bits per heavy atom. The molecule has 11 heterocycles. The van der Waals surface area contributed by atoms with E-state index in [0.717, 1.165) is 78.1 Å². The molecule has 4 fully saturated rings. The minimum absolute atomic E-state index is 0.139. The van der Waals surface area contributed by atoms with Crippen molar-refractivity contribution in [2.75, 3.05) is 31.5 Å². The molecule has 0 saturated carbocycles. The number of hydrogen-bond acceptors (Lipinski definition) is 24. The molecule has 27 nitrogen and oxygen atoms in total. The third-order valence-corrected chi connectivity index (χ3v) is 19.8. The molecule has 112 heavy (non-hydrogen) atoms. The standard InChI is InChI=1S/C18H16N2O3.C16H11N3O2.C11H16BNO2.C11H7BrN2O2.C11H8N2O2.C10H10N2O.C2H3N.C2H6O.BHNS/c19-11-17(21)16-10-14-8-4-5-9-15(14)20(16)18(22)23-12-13-6-2-1-3-7-13;17-8-15-14-7-12-6-10(11-2-1-5-18-9-11)3-4-13(12)19(14)16(20)21-15;1-10(2)11(3,4)15-12(14-10)9-6-5-7-13-8-9;12-7-1-2-8-6(3-7)4-9-10(5-13)16-11(15)14(8)9;12-6-10-9-5-7-3-1-2-4-8(7)13(9)11(14)15-10;11-6-10(13)9-5-7-3-1-2-4-8(7)12-9;3*1-2-3/h1-9,16-17,21H,10,12H2;1-6,9,14-15H,7H2;5-8H,1-4H3;1-3,9-10H,4H2;1-4,9-10H,5H2;1-4,9-10,12-13H,5H2;1H3;3H,2H2,1H3;3H/t16-,17-;14-,15-;;3*9-,10-;;;/m00.000.../s1. The van der Waals surface area contributed by atoms with Crippen molar-refractivity contribution in [1.82, 2.24) is 9.97 Å². The van der Waals surface area contributed by atoms with Crippen LogP contribution in [-0.2, 0) is 67.0 Å². The molecule has 569 valence electrons. The molecule has 4 N–H and O–H groups in total. The van der Waals surface area contributed by atoms with Gasteiger partial charge in [0.25, 0.3) is 0 Å². The van der Waals surface area contributed by atoms with Crippen molar-refractivity contribution in [1.29, 1.82) is 31.6 Å². The van der Waals surface area contributed by atoms with Gasteiger partial charge in [-0.15, -0.1) is 0 Å². The summed E-state index contributed by atoms with van der Waals surface area (Å²) in [5.41, 5.74) is 13.0. The van der Waals surface area contributed by atoms with Crippen LogP contribution >= 0.6 is 28.7 Å². The predicted octanol–water partition coefficient (Wildman–Crippen LogP) is 11.8. The Morgan fingerprint density at radius 2 is 1.07 bits per heavy atom. The molecular formula is C81H78B2BrN14O13S. The molecule has 0 bridgehead atoms. The molecule has 2 aromatic heterocycles. The first-order valence-electron chi connectivity index (χ1n) is 35.3. The van der Waals surface area contributed by atoms with Gasteiger partial charge in [-0.2, -0.15) is 31.6 Å². The number of nitrogens with one attached hydrogen (secondary N) is 1. The number of ether oxygens (including phenoxy) is 4. The number of aliphatic hydroxyl groups is 3. The van der Waals surface area contributed by atoms with E-state index in [2.05, 4.69) is 68.1 Å². The number of pyridine rings is 2.